The molecule has 4 rings (SSSR count). The summed E-state index contributed by atoms with van der Waals surface area (Å²) in [5.74, 6) is 1.61. The summed E-state index contributed by atoms with van der Waals surface area (Å²) in [6.45, 7) is 3.47. The molecule has 8 heteroatoms. The van der Waals surface area contributed by atoms with Gasteiger partial charge in [-0.2, -0.15) is 0 Å². The highest BCUT2D eigenvalue weighted by Crippen LogP contribution is 2.24. The molecular weight excluding hydrogens is 380 g/mol. The van der Waals surface area contributed by atoms with Crippen LogP contribution in [0.2, 0.25) is 0 Å². The number of nitrogens with zero attached hydrogens (tertiary/aromatic N) is 3. The van der Waals surface area contributed by atoms with Gasteiger partial charge in [-0.25, -0.2) is 4.98 Å². The van der Waals surface area contributed by atoms with Crippen LogP contribution in [0.25, 0.3) is 0 Å². The zero-order valence-electron chi connectivity index (χ0n) is 16.0. The maximum absolute atomic E-state index is 13.2. The van der Waals surface area contributed by atoms with Crippen LogP contribution >= 0.6 is 12.4 Å². The van der Waals surface area contributed by atoms with Crippen LogP contribution in [0.3, 0.4) is 0 Å². The number of carbonyl (C=O) groups excluding carboxylic acids is 1. The van der Waals surface area contributed by atoms with Gasteiger partial charge < -0.3 is 24.3 Å². The van der Waals surface area contributed by atoms with E-state index in [1.165, 1.54) is 0 Å². The molecule has 1 aromatic heterocycles. The Morgan fingerprint density at radius 2 is 2.32 bits per heavy atom. The van der Waals surface area contributed by atoms with Crippen molar-refractivity contribution in [1.82, 2.24) is 19.8 Å². The normalized spacial score (nSPS) is 22.0. The molecule has 0 saturated carbocycles. The van der Waals surface area contributed by atoms with E-state index in [1.54, 1.807) is 6.20 Å². The van der Waals surface area contributed by atoms with Gasteiger partial charge >= 0.3 is 0 Å². The molecule has 0 aliphatic carbocycles. The van der Waals surface area contributed by atoms with E-state index in [0.717, 1.165) is 31.8 Å². The quantitative estimate of drug-likeness (QED) is 0.824. The molecule has 1 N–H and O–H groups in total. The van der Waals surface area contributed by atoms with Crippen LogP contribution in [-0.2, 0) is 11.8 Å². The number of ether oxygens (including phenoxy) is 2. The number of hydrogen-bond donors (Lipinski definition) is 1. The van der Waals surface area contributed by atoms with Gasteiger partial charge in [0, 0.05) is 51.2 Å². The van der Waals surface area contributed by atoms with E-state index in [0.29, 0.717) is 31.0 Å². The molecular formula is C20H27ClN4O3. The van der Waals surface area contributed by atoms with E-state index >= 15 is 0 Å². The van der Waals surface area contributed by atoms with Crippen molar-refractivity contribution in [3.05, 3.63) is 48.0 Å². The van der Waals surface area contributed by atoms with Crippen LogP contribution in [0, 0.1) is 0 Å². The van der Waals surface area contributed by atoms with E-state index in [9.17, 15) is 4.79 Å². The Bertz CT molecular complexity index is 791. The molecule has 0 bridgehead atoms. The first-order valence-corrected chi connectivity index (χ1v) is 9.56. The number of aryl methyl sites for hydroxylation is 1. The molecule has 0 spiro atoms. The molecule has 2 unspecified atom stereocenters. The van der Waals surface area contributed by atoms with E-state index in [4.69, 9.17) is 9.47 Å². The Morgan fingerprint density at radius 3 is 3.07 bits per heavy atom. The average molecular weight is 407 g/mol. The monoisotopic (exact) mass is 406 g/mol. The molecule has 152 valence electrons. The zero-order chi connectivity index (χ0) is 18.6. The number of amides is 1. The standard InChI is InChI=1S/C20H26N4O3.ClH/c1-23-9-8-22-19(23)18-13-21-7-10-24(18)20(25)15-4-2-5-16(12-15)27-14-17-6-3-11-26-17;/h2,4-5,8-9,12,17-18,21H,3,6-7,10-11,13-14H2,1H3;1H. The first-order chi connectivity index (χ1) is 13.2. The highest BCUT2D eigenvalue weighted by molar-refractivity contribution is 5.95. The Labute approximate surface area is 171 Å². The molecule has 2 aliphatic heterocycles. The van der Waals surface area contributed by atoms with Gasteiger partial charge in [0.2, 0.25) is 0 Å². The fourth-order valence-corrected chi connectivity index (χ4v) is 3.73. The number of aromatic nitrogens is 2. The molecule has 2 saturated heterocycles. The number of hydrogen-bond acceptors (Lipinski definition) is 5. The number of imidazole rings is 1. The maximum atomic E-state index is 13.2. The van der Waals surface area contributed by atoms with Gasteiger partial charge in [-0.15, -0.1) is 12.4 Å². The number of piperazine rings is 1. The first kappa shape index (κ1) is 20.6. The van der Waals surface area contributed by atoms with Crippen LogP contribution in [0.4, 0.5) is 0 Å². The van der Waals surface area contributed by atoms with Crippen LogP contribution in [0.15, 0.2) is 36.7 Å². The summed E-state index contributed by atoms with van der Waals surface area (Å²) in [5, 5.41) is 3.36. The van der Waals surface area contributed by atoms with Crippen molar-refractivity contribution in [2.45, 2.75) is 25.0 Å². The summed E-state index contributed by atoms with van der Waals surface area (Å²) in [4.78, 5) is 19.6. The lowest BCUT2D eigenvalue weighted by Crippen LogP contribution is -2.49. The van der Waals surface area contributed by atoms with E-state index in [2.05, 4.69) is 10.3 Å². The maximum Gasteiger partial charge on any atom is 0.254 e. The van der Waals surface area contributed by atoms with Crippen LogP contribution in [0.1, 0.15) is 35.1 Å². The van der Waals surface area contributed by atoms with Gasteiger partial charge in [-0.1, -0.05) is 6.07 Å². The predicted octanol–water partition coefficient (Wildman–Crippen LogP) is 2.19. The molecule has 2 fully saturated rings. The molecule has 28 heavy (non-hydrogen) atoms. The highest BCUT2D eigenvalue weighted by atomic mass is 35.5. The third-order valence-electron chi connectivity index (χ3n) is 5.20. The minimum atomic E-state index is -0.0808. The lowest BCUT2D eigenvalue weighted by molar-refractivity contribution is 0.0617. The second-order valence-corrected chi connectivity index (χ2v) is 7.09. The largest absolute Gasteiger partial charge is 0.491 e. The van der Waals surface area contributed by atoms with Crippen molar-refractivity contribution in [2.24, 2.45) is 7.05 Å². The molecule has 2 atom stereocenters. The van der Waals surface area contributed by atoms with E-state index in [-0.39, 0.29) is 30.5 Å². The van der Waals surface area contributed by atoms with Gasteiger partial charge in [0.1, 0.15) is 24.2 Å². The number of halogens is 1. The van der Waals surface area contributed by atoms with Crippen molar-refractivity contribution in [3.8, 4) is 5.75 Å². The zero-order valence-corrected chi connectivity index (χ0v) is 16.9. The van der Waals surface area contributed by atoms with Gasteiger partial charge in [0.25, 0.3) is 5.91 Å². The van der Waals surface area contributed by atoms with Crippen molar-refractivity contribution in [3.63, 3.8) is 0 Å². The first-order valence-electron chi connectivity index (χ1n) is 9.56. The third-order valence-corrected chi connectivity index (χ3v) is 5.20. The summed E-state index contributed by atoms with van der Waals surface area (Å²) >= 11 is 0. The van der Waals surface area contributed by atoms with Gasteiger partial charge in [0.15, 0.2) is 0 Å². The second-order valence-electron chi connectivity index (χ2n) is 7.09. The van der Waals surface area contributed by atoms with Crippen molar-refractivity contribution in [1.29, 1.82) is 0 Å². The van der Waals surface area contributed by atoms with Gasteiger partial charge in [0.05, 0.1) is 6.10 Å². The second kappa shape index (κ2) is 9.41. The van der Waals surface area contributed by atoms with Crippen LogP contribution < -0.4 is 10.1 Å². The summed E-state index contributed by atoms with van der Waals surface area (Å²) in [7, 11) is 1.96. The van der Waals surface area contributed by atoms with Crippen molar-refractivity contribution in [2.75, 3.05) is 32.8 Å². The minimum absolute atomic E-state index is 0. The van der Waals surface area contributed by atoms with Crippen LogP contribution in [-0.4, -0.2) is 59.3 Å². The lowest BCUT2D eigenvalue weighted by Gasteiger charge is -2.35. The van der Waals surface area contributed by atoms with E-state index < -0.39 is 0 Å². The Balaban J connectivity index is 0.00000225. The number of rotatable bonds is 5. The summed E-state index contributed by atoms with van der Waals surface area (Å²) in [6, 6.07) is 7.35. The average Bonchev–Trinajstić information content (AvgIpc) is 3.37. The molecule has 3 heterocycles. The third kappa shape index (κ3) is 4.48. The van der Waals surface area contributed by atoms with Crippen molar-refractivity contribution >= 4 is 18.3 Å². The van der Waals surface area contributed by atoms with E-state index in [1.807, 2.05) is 47.0 Å². The highest BCUT2D eigenvalue weighted by Gasteiger charge is 2.31. The fraction of sp³-hybridized carbons (Fsp3) is 0.500. The molecule has 2 aromatic rings. The smallest absolute Gasteiger partial charge is 0.254 e. The summed E-state index contributed by atoms with van der Waals surface area (Å²) in [5.41, 5.74) is 0.640. The van der Waals surface area contributed by atoms with Gasteiger partial charge in [-0.05, 0) is 31.0 Å². The van der Waals surface area contributed by atoms with Gasteiger partial charge in [-0.3, -0.25) is 4.79 Å². The number of benzene rings is 1. The Morgan fingerprint density at radius 1 is 1.43 bits per heavy atom. The topological polar surface area (TPSA) is 68.6 Å². The van der Waals surface area contributed by atoms with Crippen molar-refractivity contribution < 1.29 is 14.3 Å². The SMILES string of the molecule is Cl.Cn1ccnc1C1CNCCN1C(=O)c1cccc(OCC2CCCO2)c1. The predicted molar refractivity (Wildman–Crippen MR) is 108 cm³/mol. The Hall–Kier alpha value is -2.09. The number of carbonyl (C=O) groups is 1. The molecule has 2 aliphatic rings. The molecule has 1 amide bonds. The number of nitrogens with one attached hydrogen (secondary N) is 1. The molecule has 0 radical (unpaired) electrons. The van der Waals surface area contributed by atoms with Crippen LogP contribution in [0.5, 0.6) is 5.75 Å². The summed E-state index contributed by atoms with van der Waals surface area (Å²) < 4.78 is 13.4. The Kier molecular flexibility index (Phi) is 6.93. The summed E-state index contributed by atoms with van der Waals surface area (Å²) in [6.07, 6.45) is 5.96. The fourth-order valence-electron chi connectivity index (χ4n) is 3.73. The molecule has 1 aromatic carbocycles. The molecule has 7 nitrogen and oxygen atoms in total. The lowest BCUT2D eigenvalue weighted by atomic mass is 10.1. The minimum Gasteiger partial charge on any atom is -0.491 e.